The Labute approximate surface area is 100 Å². The lowest BCUT2D eigenvalue weighted by atomic mass is 10.1. The number of nitrogens with two attached hydrogens (primary N) is 1. The van der Waals surface area contributed by atoms with Gasteiger partial charge in [-0.15, -0.1) is 0 Å². The number of nitrogen functional groups attached to an aromatic ring is 1. The monoisotopic (exact) mass is 229 g/mol. The molecule has 17 heavy (non-hydrogen) atoms. The summed E-state index contributed by atoms with van der Waals surface area (Å²) < 4.78 is 5.07. The van der Waals surface area contributed by atoms with Gasteiger partial charge in [0.15, 0.2) is 5.82 Å². The summed E-state index contributed by atoms with van der Waals surface area (Å²) >= 11 is 0. The number of hydrogen-bond acceptors (Lipinski definition) is 4. The topological polar surface area (TPSA) is 61.0 Å². The molecule has 0 unspecified atom stereocenters. The van der Waals surface area contributed by atoms with Crippen molar-refractivity contribution in [2.45, 2.75) is 13.8 Å². The summed E-state index contributed by atoms with van der Waals surface area (Å²) in [4.78, 5) is 8.41. The molecule has 0 saturated carbocycles. The first kappa shape index (κ1) is 11.4. The van der Waals surface area contributed by atoms with Crippen LogP contribution in [-0.4, -0.2) is 17.1 Å². The largest absolute Gasteiger partial charge is 0.478 e. The van der Waals surface area contributed by atoms with E-state index in [9.17, 15) is 0 Å². The quantitative estimate of drug-likeness (QED) is 0.858. The molecule has 1 aromatic carbocycles. The second kappa shape index (κ2) is 4.41. The molecule has 0 bridgehead atoms. The van der Waals surface area contributed by atoms with E-state index in [4.69, 9.17) is 10.5 Å². The first-order valence-electron chi connectivity index (χ1n) is 5.35. The third-order valence-electron chi connectivity index (χ3n) is 2.48. The number of benzene rings is 1. The number of anilines is 1. The van der Waals surface area contributed by atoms with Gasteiger partial charge >= 0.3 is 0 Å². The Morgan fingerprint density at radius 2 is 1.76 bits per heavy atom. The van der Waals surface area contributed by atoms with Crippen molar-refractivity contribution in [2.75, 3.05) is 12.8 Å². The van der Waals surface area contributed by atoms with Gasteiger partial charge in [-0.2, -0.15) is 0 Å². The third kappa shape index (κ3) is 2.36. The van der Waals surface area contributed by atoms with Gasteiger partial charge in [0.05, 0.1) is 19.0 Å². The van der Waals surface area contributed by atoms with Crippen LogP contribution in [0.3, 0.4) is 0 Å². The van der Waals surface area contributed by atoms with Crippen LogP contribution in [-0.2, 0) is 0 Å². The summed E-state index contributed by atoms with van der Waals surface area (Å²) in [6.45, 7) is 4.11. The minimum Gasteiger partial charge on any atom is -0.478 e. The number of aromatic nitrogens is 2. The SMILES string of the molecule is COc1nc(-c2cc(C)cc(C)c2)cnc1N. The molecule has 0 radical (unpaired) electrons. The van der Waals surface area contributed by atoms with E-state index in [2.05, 4.69) is 42.0 Å². The van der Waals surface area contributed by atoms with Crippen molar-refractivity contribution < 1.29 is 4.74 Å². The highest BCUT2D eigenvalue weighted by atomic mass is 16.5. The molecule has 4 heteroatoms. The summed E-state index contributed by atoms with van der Waals surface area (Å²) in [6, 6.07) is 6.24. The van der Waals surface area contributed by atoms with Gasteiger partial charge in [-0.1, -0.05) is 17.2 Å². The Kier molecular flexibility index (Phi) is 2.95. The predicted octanol–water partition coefficient (Wildman–Crippen LogP) is 2.35. The molecule has 2 aromatic rings. The Hall–Kier alpha value is -2.10. The summed E-state index contributed by atoms with van der Waals surface area (Å²) in [5, 5.41) is 0. The minimum absolute atomic E-state index is 0.306. The lowest BCUT2D eigenvalue weighted by Crippen LogP contribution is -1.99. The fraction of sp³-hybridized carbons (Fsp3) is 0.231. The van der Waals surface area contributed by atoms with Gasteiger partial charge < -0.3 is 10.5 Å². The van der Waals surface area contributed by atoms with Crippen LogP contribution in [0.1, 0.15) is 11.1 Å². The van der Waals surface area contributed by atoms with Gasteiger partial charge in [0.1, 0.15) is 0 Å². The van der Waals surface area contributed by atoms with Gasteiger partial charge in [0, 0.05) is 5.56 Å². The standard InChI is InChI=1S/C13H15N3O/c1-8-4-9(2)6-10(5-8)11-7-15-12(14)13(16-11)17-3/h4-7H,1-3H3,(H2,14,15). The van der Waals surface area contributed by atoms with E-state index in [1.165, 1.54) is 18.2 Å². The number of nitrogens with zero attached hydrogens (tertiary/aromatic N) is 2. The molecule has 0 amide bonds. The summed E-state index contributed by atoms with van der Waals surface area (Å²) in [5.74, 6) is 0.669. The van der Waals surface area contributed by atoms with E-state index in [1.54, 1.807) is 6.20 Å². The fourth-order valence-corrected chi connectivity index (χ4v) is 1.79. The first-order chi connectivity index (χ1) is 8.10. The van der Waals surface area contributed by atoms with Crippen molar-refractivity contribution in [1.29, 1.82) is 0 Å². The van der Waals surface area contributed by atoms with Crippen molar-refractivity contribution in [3.8, 4) is 17.1 Å². The predicted molar refractivity (Wildman–Crippen MR) is 67.9 cm³/mol. The Bertz CT molecular complexity index is 532. The number of methoxy groups -OCH3 is 1. The van der Waals surface area contributed by atoms with Gasteiger partial charge in [0.2, 0.25) is 0 Å². The van der Waals surface area contributed by atoms with Crippen LogP contribution in [0.25, 0.3) is 11.3 Å². The van der Waals surface area contributed by atoms with Crippen molar-refractivity contribution >= 4 is 5.82 Å². The molecular weight excluding hydrogens is 214 g/mol. The normalized spacial score (nSPS) is 10.3. The highest BCUT2D eigenvalue weighted by Crippen LogP contribution is 2.24. The van der Waals surface area contributed by atoms with E-state index in [0.717, 1.165) is 11.3 Å². The maximum Gasteiger partial charge on any atom is 0.257 e. The molecule has 2 rings (SSSR count). The molecule has 1 heterocycles. The molecule has 0 aliphatic rings. The molecule has 0 atom stereocenters. The summed E-state index contributed by atoms with van der Waals surface area (Å²) in [7, 11) is 1.53. The zero-order valence-electron chi connectivity index (χ0n) is 10.2. The van der Waals surface area contributed by atoms with Gasteiger partial charge in [-0.3, -0.25) is 0 Å². The van der Waals surface area contributed by atoms with Crippen LogP contribution < -0.4 is 10.5 Å². The van der Waals surface area contributed by atoms with Crippen LogP contribution in [0.5, 0.6) is 5.88 Å². The van der Waals surface area contributed by atoms with Crippen molar-refractivity contribution in [3.05, 3.63) is 35.5 Å². The molecule has 0 aliphatic carbocycles. The lowest BCUT2D eigenvalue weighted by molar-refractivity contribution is 0.399. The van der Waals surface area contributed by atoms with E-state index < -0.39 is 0 Å². The Morgan fingerprint density at radius 1 is 1.12 bits per heavy atom. The van der Waals surface area contributed by atoms with Crippen molar-refractivity contribution in [3.63, 3.8) is 0 Å². The first-order valence-corrected chi connectivity index (χ1v) is 5.35. The second-order valence-electron chi connectivity index (χ2n) is 4.03. The van der Waals surface area contributed by atoms with Crippen molar-refractivity contribution in [1.82, 2.24) is 9.97 Å². The molecule has 0 saturated heterocycles. The van der Waals surface area contributed by atoms with Crippen LogP contribution >= 0.6 is 0 Å². The maximum atomic E-state index is 5.64. The average molecular weight is 229 g/mol. The summed E-state index contributed by atoms with van der Waals surface area (Å²) in [6.07, 6.45) is 1.66. The van der Waals surface area contributed by atoms with Crippen LogP contribution in [0, 0.1) is 13.8 Å². The molecule has 0 fully saturated rings. The van der Waals surface area contributed by atoms with Crippen molar-refractivity contribution in [2.24, 2.45) is 0 Å². The number of rotatable bonds is 2. The number of hydrogen-bond donors (Lipinski definition) is 1. The lowest BCUT2D eigenvalue weighted by Gasteiger charge is -2.07. The van der Waals surface area contributed by atoms with E-state index in [1.807, 2.05) is 0 Å². The zero-order chi connectivity index (χ0) is 12.4. The molecule has 1 aromatic heterocycles. The van der Waals surface area contributed by atoms with E-state index in [-0.39, 0.29) is 0 Å². The van der Waals surface area contributed by atoms with Crippen LogP contribution in [0.4, 0.5) is 5.82 Å². The van der Waals surface area contributed by atoms with Gasteiger partial charge in [-0.25, -0.2) is 9.97 Å². The summed E-state index contributed by atoms with van der Waals surface area (Å²) in [5.41, 5.74) is 9.81. The molecule has 2 N–H and O–H groups in total. The highest BCUT2D eigenvalue weighted by molar-refractivity contribution is 5.62. The Morgan fingerprint density at radius 3 is 2.35 bits per heavy atom. The average Bonchev–Trinajstić information content (AvgIpc) is 2.28. The Balaban J connectivity index is 2.52. The van der Waals surface area contributed by atoms with E-state index in [0.29, 0.717) is 11.7 Å². The van der Waals surface area contributed by atoms with E-state index >= 15 is 0 Å². The van der Waals surface area contributed by atoms with Gasteiger partial charge in [-0.05, 0) is 26.0 Å². The molecule has 0 aliphatic heterocycles. The molecule has 0 spiro atoms. The molecule has 4 nitrogen and oxygen atoms in total. The maximum absolute atomic E-state index is 5.64. The zero-order valence-corrected chi connectivity index (χ0v) is 10.2. The van der Waals surface area contributed by atoms with Gasteiger partial charge in [0.25, 0.3) is 5.88 Å². The second-order valence-corrected chi connectivity index (χ2v) is 4.03. The van der Waals surface area contributed by atoms with Crippen LogP contribution in [0.2, 0.25) is 0 Å². The van der Waals surface area contributed by atoms with Crippen LogP contribution in [0.15, 0.2) is 24.4 Å². The third-order valence-corrected chi connectivity index (χ3v) is 2.48. The molecule has 88 valence electrons. The smallest absolute Gasteiger partial charge is 0.257 e. The number of aryl methyl sites for hydroxylation is 2. The highest BCUT2D eigenvalue weighted by Gasteiger charge is 2.07. The number of ether oxygens (including phenoxy) is 1. The fourth-order valence-electron chi connectivity index (χ4n) is 1.79. The molecular formula is C13H15N3O. The minimum atomic E-state index is 0.306.